The summed E-state index contributed by atoms with van der Waals surface area (Å²) in [6.45, 7) is 2.06. The van der Waals surface area contributed by atoms with Gasteiger partial charge in [0.05, 0.1) is 19.9 Å². The Kier molecular flexibility index (Phi) is 3.35. The molecule has 0 aliphatic rings. The monoisotopic (exact) mass is 306 g/mol. The standard InChI is InChI=1S/C14H14N2O2S2/c1-8-15-13-11(20-8)6-10(9-4-5-19-14(9)13)18-7-12(17)16(2)3/h4-6H,7H2,1-3H3. The fourth-order valence-corrected chi connectivity index (χ4v) is 3.81. The Morgan fingerprint density at radius 2 is 2.25 bits per heavy atom. The van der Waals surface area contributed by atoms with Crippen molar-refractivity contribution < 1.29 is 9.53 Å². The van der Waals surface area contributed by atoms with Crippen molar-refractivity contribution in [1.82, 2.24) is 9.88 Å². The summed E-state index contributed by atoms with van der Waals surface area (Å²) in [7, 11) is 3.45. The highest BCUT2D eigenvalue weighted by Gasteiger charge is 2.14. The second-order valence-corrected chi connectivity index (χ2v) is 6.85. The summed E-state index contributed by atoms with van der Waals surface area (Å²) in [5.74, 6) is 0.710. The molecule has 0 spiro atoms. The first-order valence-electron chi connectivity index (χ1n) is 6.16. The fraction of sp³-hybridized carbons (Fsp3) is 0.286. The summed E-state index contributed by atoms with van der Waals surface area (Å²) in [5, 5.41) is 4.09. The zero-order valence-corrected chi connectivity index (χ0v) is 13.1. The number of carbonyl (C=O) groups is 1. The molecule has 3 aromatic rings. The highest BCUT2D eigenvalue weighted by atomic mass is 32.1. The lowest BCUT2D eigenvalue weighted by molar-refractivity contribution is -0.130. The molecule has 0 radical (unpaired) electrons. The van der Waals surface area contributed by atoms with E-state index in [1.165, 1.54) is 4.90 Å². The number of benzene rings is 1. The molecule has 104 valence electrons. The summed E-state index contributed by atoms with van der Waals surface area (Å²) in [6, 6.07) is 4.00. The van der Waals surface area contributed by atoms with Gasteiger partial charge in [-0.25, -0.2) is 4.98 Å². The summed E-state index contributed by atoms with van der Waals surface area (Å²) >= 11 is 3.30. The molecule has 0 saturated heterocycles. The Balaban J connectivity index is 2.04. The summed E-state index contributed by atoms with van der Waals surface area (Å²) in [6.07, 6.45) is 0. The number of amides is 1. The summed E-state index contributed by atoms with van der Waals surface area (Å²) < 4.78 is 7.94. The van der Waals surface area contributed by atoms with Gasteiger partial charge in [0.1, 0.15) is 5.75 Å². The first-order valence-corrected chi connectivity index (χ1v) is 7.86. The van der Waals surface area contributed by atoms with Crippen molar-refractivity contribution in [1.29, 1.82) is 0 Å². The second-order valence-electron chi connectivity index (χ2n) is 4.69. The van der Waals surface area contributed by atoms with Crippen LogP contribution in [-0.2, 0) is 4.79 Å². The number of likely N-dealkylation sites (N-methyl/N-ethyl adjacent to an activating group) is 1. The molecular weight excluding hydrogens is 292 g/mol. The van der Waals surface area contributed by atoms with Gasteiger partial charge in [-0.1, -0.05) is 0 Å². The molecule has 0 aliphatic carbocycles. The van der Waals surface area contributed by atoms with Crippen LogP contribution in [0.3, 0.4) is 0 Å². The van der Waals surface area contributed by atoms with Gasteiger partial charge in [-0.05, 0) is 18.4 Å². The van der Waals surface area contributed by atoms with Gasteiger partial charge in [0.15, 0.2) is 6.61 Å². The number of aromatic nitrogens is 1. The molecule has 0 unspecified atom stereocenters. The summed E-state index contributed by atoms with van der Waals surface area (Å²) in [4.78, 5) is 17.8. The topological polar surface area (TPSA) is 42.4 Å². The number of aryl methyl sites for hydroxylation is 1. The van der Waals surface area contributed by atoms with E-state index in [2.05, 4.69) is 4.98 Å². The fourth-order valence-electron chi connectivity index (χ4n) is 1.97. The Bertz CT molecular complexity index is 789. The van der Waals surface area contributed by atoms with Crippen LogP contribution in [0.5, 0.6) is 5.75 Å². The van der Waals surface area contributed by atoms with Crippen molar-refractivity contribution in [3.8, 4) is 5.75 Å². The van der Waals surface area contributed by atoms with Gasteiger partial charge in [-0.2, -0.15) is 0 Å². The van der Waals surface area contributed by atoms with E-state index in [9.17, 15) is 4.79 Å². The molecule has 6 heteroatoms. The van der Waals surface area contributed by atoms with Crippen molar-refractivity contribution in [3.63, 3.8) is 0 Å². The van der Waals surface area contributed by atoms with Crippen LogP contribution >= 0.6 is 22.7 Å². The average molecular weight is 306 g/mol. The maximum Gasteiger partial charge on any atom is 0.259 e. The molecule has 0 saturated carbocycles. The van der Waals surface area contributed by atoms with Gasteiger partial charge in [-0.15, -0.1) is 22.7 Å². The molecule has 4 nitrogen and oxygen atoms in total. The highest BCUT2D eigenvalue weighted by molar-refractivity contribution is 7.21. The third kappa shape index (κ3) is 2.25. The molecule has 0 aliphatic heterocycles. The first-order chi connectivity index (χ1) is 9.56. The third-order valence-electron chi connectivity index (χ3n) is 3.02. The molecule has 0 N–H and O–H groups in total. The van der Waals surface area contributed by atoms with E-state index < -0.39 is 0 Å². The molecule has 0 atom stereocenters. The maximum atomic E-state index is 11.7. The molecular formula is C14H14N2O2S2. The molecule has 1 amide bonds. The number of fused-ring (bicyclic) bond motifs is 3. The van der Waals surface area contributed by atoms with Crippen molar-refractivity contribution in [2.75, 3.05) is 20.7 Å². The van der Waals surface area contributed by atoms with E-state index in [0.29, 0.717) is 0 Å². The molecule has 3 rings (SSSR count). The van der Waals surface area contributed by atoms with E-state index in [-0.39, 0.29) is 12.5 Å². The zero-order chi connectivity index (χ0) is 14.3. The lowest BCUT2D eigenvalue weighted by atomic mass is 10.2. The number of ether oxygens (including phenoxy) is 1. The van der Waals surface area contributed by atoms with Crippen LogP contribution in [0.15, 0.2) is 17.5 Å². The van der Waals surface area contributed by atoms with Crippen LogP contribution in [0, 0.1) is 6.92 Å². The Labute approximate surface area is 124 Å². The minimum Gasteiger partial charge on any atom is -0.483 e. The van der Waals surface area contributed by atoms with Crippen LogP contribution in [-0.4, -0.2) is 36.5 Å². The largest absolute Gasteiger partial charge is 0.483 e. The first kappa shape index (κ1) is 13.3. The molecule has 2 heterocycles. The smallest absolute Gasteiger partial charge is 0.259 e. The Morgan fingerprint density at radius 3 is 3.00 bits per heavy atom. The minimum absolute atomic E-state index is 0.0473. The lowest BCUT2D eigenvalue weighted by Gasteiger charge is -2.12. The van der Waals surface area contributed by atoms with E-state index in [4.69, 9.17) is 4.74 Å². The van der Waals surface area contributed by atoms with Crippen molar-refractivity contribution in [2.24, 2.45) is 0 Å². The number of hydrogen-bond acceptors (Lipinski definition) is 5. The highest BCUT2D eigenvalue weighted by Crippen LogP contribution is 2.38. The second kappa shape index (κ2) is 5.03. The van der Waals surface area contributed by atoms with Crippen LogP contribution in [0.4, 0.5) is 0 Å². The average Bonchev–Trinajstić information content (AvgIpc) is 3.00. The van der Waals surface area contributed by atoms with Gasteiger partial charge in [-0.3, -0.25) is 4.79 Å². The van der Waals surface area contributed by atoms with E-state index in [0.717, 1.165) is 31.1 Å². The van der Waals surface area contributed by atoms with E-state index in [1.807, 2.05) is 24.4 Å². The van der Waals surface area contributed by atoms with Gasteiger partial charge < -0.3 is 9.64 Å². The zero-order valence-electron chi connectivity index (χ0n) is 11.5. The number of rotatable bonds is 3. The van der Waals surface area contributed by atoms with Crippen molar-refractivity contribution in [3.05, 3.63) is 22.5 Å². The van der Waals surface area contributed by atoms with E-state index >= 15 is 0 Å². The lowest BCUT2D eigenvalue weighted by Crippen LogP contribution is -2.27. The number of thiazole rings is 1. The van der Waals surface area contributed by atoms with Gasteiger partial charge in [0, 0.05) is 25.5 Å². The van der Waals surface area contributed by atoms with Crippen LogP contribution in [0.1, 0.15) is 5.01 Å². The van der Waals surface area contributed by atoms with Crippen LogP contribution < -0.4 is 4.74 Å². The Hall–Kier alpha value is -1.66. The summed E-state index contributed by atoms with van der Waals surface area (Å²) in [5.41, 5.74) is 1.03. The number of hydrogen-bond donors (Lipinski definition) is 0. The van der Waals surface area contributed by atoms with Crippen LogP contribution in [0.25, 0.3) is 20.3 Å². The number of nitrogens with zero attached hydrogens (tertiary/aromatic N) is 2. The third-order valence-corrected chi connectivity index (χ3v) is 4.86. The Morgan fingerprint density at radius 1 is 1.45 bits per heavy atom. The van der Waals surface area contributed by atoms with Gasteiger partial charge >= 0.3 is 0 Å². The van der Waals surface area contributed by atoms with Gasteiger partial charge in [0.25, 0.3) is 5.91 Å². The normalized spacial score (nSPS) is 11.2. The molecule has 1 aromatic carbocycles. The molecule has 2 aromatic heterocycles. The SMILES string of the molecule is Cc1nc2c(cc(OCC(=O)N(C)C)c3ccsc32)s1. The molecule has 0 bridgehead atoms. The van der Waals surface area contributed by atoms with Crippen molar-refractivity contribution in [2.45, 2.75) is 6.92 Å². The molecule has 20 heavy (non-hydrogen) atoms. The molecule has 0 fully saturated rings. The number of thiophene rings is 1. The van der Waals surface area contributed by atoms with Gasteiger partial charge in [0.2, 0.25) is 0 Å². The van der Waals surface area contributed by atoms with E-state index in [1.54, 1.807) is 36.8 Å². The maximum absolute atomic E-state index is 11.7. The predicted octanol–water partition coefficient (Wildman–Crippen LogP) is 3.29. The van der Waals surface area contributed by atoms with Crippen molar-refractivity contribution >= 4 is 48.9 Å². The number of carbonyl (C=O) groups excluding carboxylic acids is 1. The predicted molar refractivity (Wildman–Crippen MR) is 83.9 cm³/mol. The minimum atomic E-state index is -0.0473. The van der Waals surface area contributed by atoms with Crippen LogP contribution in [0.2, 0.25) is 0 Å². The quantitative estimate of drug-likeness (QED) is 0.746.